The Morgan fingerprint density at radius 3 is 2.32 bits per heavy atom. The van der Waals surface area contributed by atoms with Gasteiger partial charge in [-0.05, 0) is 29.3 Å². The van der Waals surface area contributed by atoms with Crippen molar-refractivity contribution in [2.45, 2.75) is 13.1 Å². The first-order chi connectivity index (χ1) is 10.9. The molecule has 0 saturated heterocycles. The Morgan fingerprint density at radius 1 is 0.773 bits per heavy atom. The van der Waals surface area contributed by atoms with Crippen LogP contribution in [0.25, 0.3) is 0 Å². The van der Waals surface area contributed by atoms with Gasteiger partial charge in [-0.2, -0.15) is 0 Å². The summed E-state index contributed by atoms with van der Waals surface area (Å²) < 4.78 is 5.63. The van der Waals surface area contributed by atoms with E-state index in [4.69, 9.17) is 4.74 Å². The Hall–Kier alpha value is -2.72. The molecule has 0 aliphatic rings. The van der Waals surface area contributed by atoms with Gasteiger partial charge in [0.1, 0.15) is 5.75 Å². The van der Waals surface area contributed by atoms with Gasteiger partial charge in [0, 0.05) is 25.5 Å². The van der Waals surface area contributed by atoms with Crippen molar-refractivity contribution in [2.24, 2.45) is 0 Å². The average molecular weight is 291 g/mol. The summed E-state index contributed by atoms with van der Waals surface area (Å²) >= 11 is 0. The van der Waals surface area contributed by atoms with E-state index in [0.29, 0.717) is 6.01 Å². The van der Waals surface area contributed by atoms with E-state index < -0.39 is 0 Å². The molecule has 0 saturated carbocycles. The second-order valence-electron chi connectivity index (χ2n) is 4.87. The van der Waals surface area contributed by atoms with Crippen LogP contribution in [0.4, 0.5) is 0 Å². The van der Waals surface area contributed by atoms with Crippen molar-refractivity contribution < 1.29 is 4.74 Å². The smallest absolute Gasteiger partial charge is 0.321 e. The third kappa shape index (κ3) is 4.14. The molecule has 0 aliphatic carbocycles. The number of aromatic nitrogens is 2. The standard InChI is InChI=1S/C18H17N3O/c1-2-6-15(7-3-1)13-19-14-16-8-4-9-17(12-16)22-18-20-10-5-11-21-18/h1-12,19H,13-14H2. The molecule has 0 spiro atoms. The molecule has 110 valence electrons. The van der Waals surface area contributed by atoms with E-state index in [1.54, 1.807) is 18.5 Å². The van der Waals surface area contributed by atoms with Crippen molar-refractivity contribution in [1.82, 2.24) is 15.3 Å². The third-order valence-electron chi connectivity index (χ3n) is 3.15. The topological polar surface area (TPSA) is 47.0 Å². The first-order valence-electron chi connectivity index (χ1n) is 7.18. The van der Waals surface area contributed by atoms with E-state index in [-0.39, 0.29) is 0 Å². The number of nitrogens with one attached hydrogen (secondary N) is 1. The van der Waals surface area contributed by atoms with Crippen LogP contribution in [0, 0.1) is 0 Å². The molecule has 22 heavy (non-hydrogen) atoms. The number of benzene rings is 2. The lowest BCUT2D eigenvalue weighted by molar-refractivity contribution is 0.441. The molecule has 0 bridgehead atoms. The highest BCUT2D eigenvalue weighted by atomic mass is 16.5. The van der Waals surface area contributed by atoms with Crippen LogP contribution < -0.4 is 10.1 Å². The van der Waals surface area contributed by atoms with E-state index in [0.717, 1.165) is 24.4 Å². The molecule has 1 N–H and O–H groups in total. The van der Waals surface area contributed by atoms with Gasteiger partial charge in [0.25, 0.3) is 0 Å². The predicted octanol–water partition coefficient (Wildman–Crippen LogP) is 3.56. The first-order valence-corrected chi connectivity index (χ1v) is 7.18. The van der Waals surface area contributed by atoms with Gasteiger partial charge in [-0.25, -0.2) is 9.97 Å². The molecule has 0 fully saturated rings. The molecule has 0 radical (unpaired) electrons. The number of rotatable bonds is 6. The fraction of sp³-hybridized carbons (Fsp3) is 0.111. The maximum absolute atomic E-state index is 5.63. The Labute approximate surface area is 129 Å². The van der Waals surface area contributed by atoms with Crippen molar-refractivity contribution >= 4 is 0 Å². The molecule has 0 amide bonds. The fourth-order valence-corrected chi connectivity index (χ4v) is 2.11. The summed E-state index contributed by atoms with van der Waals surface area (Å²) in [6, 6.07) is 20.4. The lowest BCUT2D eigenvalue weighted by Crippen LogP contribution is -2.12. The average Bonchev–Trinajstić information content (AvgIpc) is 2.57. The predicted molar refractivity (Wildman–Crippen MR) is 85.5 cm³/mol. The molecule has 0 atom stereocenters. The summed E-state index contributed by atoms with van der Waals surface area (Å²) in [5, 5.41) is 3.42. The van der Waals surface area contributed by atoms with Gasteiger partial charge < -0.3 is 10.1 Å². The molecule has 3 aromatic rings. The van der Waals surface area contributed by atoms with Gasteiger partial charge in [-0.1, -0.05) is 42.5 Å². The molecule has 4 nitrogen and oxygen atoms in total. The molecule has 0 aliphatic heterocycles. The quantitative estimate of drug-likeness (QED) is 0.754. The van der Waals surface area contributed by atoms with Crippen LogP contribution in [-0.2, 0) is 13.1 Å². The van der Waals surface area contributed by atoms with Crippen molar-refractivity contribution in [2.75, 3.05) is 0 Å². The zero-order valence-corrected chi connectivity index (χ0v) is 12.1. The Kier molecular flexibility index (Phi) is 4.74. The van der Waals surface area contributed by atoms with Crippen LogP contribution in [0.3, 0.4) is 0 Å². The summed E-state index contributed by atoms with van der Waals surface area (Å²) in [5.74, 6) is 0.741. The normalized spacial score (nSPS) is 10.4. The van der Waals surface area contributed by atoms with E-state index in [1.807, 2.05) is 36.4 Å². The first kappa shape index (κ1) is 14.2. The lowest BCUT2D eigenvalue weighted by atomic mass is 10.2. The minimum atomic E-state index is 0.358. The molecule has 1 aromatic heterocycles. The minimum absolute atomic E-state index is 0.358. The SMILES string of the molecule is c1ccc(CNCc2cccc(Oc3ncccn3)c2)cc1. The van der Waals surface area contributed by atoms with E-state index in [9.17, 15) is 0 Å². The Balaban J connectivity index is 1.57. The largest absolute Gasteiger partial charge is 0.424 e. The van der Waals surface area contributed by atoms with Gasteiger partial charge in [0.05, 0.1) is 0 Å². The number of nitrogens with zero attached hydrogens (tertiary/aromatic N) is 2. The highest BCUT2D eigenvalue weighted by molar-refractivity contribution is 5.30. The van der Waals surface area contributed by atoms with E-state index in [1.165, 1.54) is 5.56 Å². The third-order valence-corrected chi connectivity index (χ3v) is 3.15. The molecule has 2 aromatic carbocycles. The monoisotopic (exact) mass is 291 g/mol. The van der Waals surface area contributed by atoms with Gasteiger partial charge in [-0.15, -0.1) is 0 Å². The second kappa shape index (κ2) is 7.33. The summed E-state index contributed by atoms with van der Waals surface area (Å²) in [7, 11) is 0. The van der Waals surface area contributed by atoms with Crippen molar-refractivity contribution in [3.05, 3.63) is 84.2 Å². The zero-order chi connectivity index (χ0) is 15.0. The minimum Gasteiger partial charge on any atom is -0.424 e. The van der Waals surface area contributed by atoms with Crippen LogP contribution in [-0.4, -0.2) is 9.97 Å². The molecule has 1 heterocycles. The van der Waals surface area contributed by atoms with Crippen LogP contribution in [0.1, 0.15) is 11.1 Å². The second-order valence-corrected chi connectivity index (χ2v) is 4.87. The summed E-state index contributed by atoms with van der Waals surface area (Å²) in [5.41, 5.74) is 2.43. The van der Waals surface area contributed by atoms with E-state index in [2.05, 4.69) is 33.5 Å². The van der Waals surface area contributed by atoms with Crippen molar-refractivity contribution in [1.29, 1.82) is 0 Å². The van der Waals surface area contributed by atoms with Crippen molar-refractivity contribution in [3.63, 3.8) is 0 Å². The number of ether oxygens (including phenoxy) is 1. The summed E-state index contributed by atoms with van der Waals surface area (Å²) in [4.78, 5) is 8.11. The van der Waals surface area contributed by atoms with Crippen LogP contribution in [0.5, 0.6) is 11.8 Å². The van der Waals surface area contributed by atoms with Gasteiger partial charge >= 0.3 is 6.01 Å². The van der Waals surface area contributed by atoms with Gasteiger partial charge in [-0.3, -0.25) is 0 Å². The zero-order valence-electron chi connectivity index (χ0n) is 12.1. The summed E-state index contributed by atoms with van der Waals surface area (Å²) in [6.07, 6.45) is 3.32. The lowest BCUT2D eigenvalue weighted by Gasteiger charge is -2.07. The molecular formula is C18H17N3O. The number of hydrogen-bond donors (Lipinski definition) is 1. The molecular weight excluding hydrogens is 274 g/mol. The van der Waals surface area contributed by atoms with Crippen molar-refractivity contribution in [3.8, 4) is 11.8 Å². The van der Waals surface area contributed by atoms with Gasteiger partial charge in [0.2, 0.25) is 0 Å². The maximum Gasteiger partial charge on any atom is 0.321 e. The Morgan fingerprint density at radius 2 is 1.50 bits per heavy atom. The van der Waals surface area contributed by atoms with Crippen LogP contribution in [0.15, 0.2) is 73.1 Å². The van der Waals surface area contributed by atoms with Crippen LogP contribution >= 0.6 is 0 Å². The highest BCUT2D eigenvalue weighted by Crippen LogP contribution is 2.18. The van der Waals surface area contributed by atoms with Gasteiger partial charge in [0.15, 0.2) is 0 Å². The van der Waals surface area contributed by atoms with E-state index >= 15 is 0 Å². The molecule has 0 unspecified atom stereocenters. The number of hydrogen-bond acceptors (Lipinski definition) is 4. The highest BCUT2D eigenvalue weighted by Gasteiger charge is 2.01. The maximum atomic E-state index is 5.63. The fourth-order valence-electron chi connectivity index (χ4n) is 2.11. The molecule has 3 rings (SSSR count). The van der Waals surface area contributed by atoms with Crippen LogP contribution in [0.2, 0.25) is 0 Å². The Bertz CT molecular complexity index is 702. The summed E-state index contributed by atoms with van der Waals surface area (Å²) in [6.45, 7) is 1.62. The molecule has 4 heteroatoms.